The van der Waals surface area contributed by atoms with Crippen molar-refractivity contribution in [2.75, 3.05) is 0 Å². The van der Waals surface area contributed by atoms with E-state index < -0.39 is 0 Å². The molecule has 106 valence electrons. The van der Waals surface area contributed by atoms with E-state index in [0.717, 1.165) is 32.3 Å². The quantitative estimate of drug-likeness (QED) is 0.759. The number of rotatable bonds is 3. The second-order valence-corrected chi connectivity index (χ2v) is 5.79. The Hall–Kier alpha value is -1.91. The Kier molecular flexibility index (Phi) is 3.90. The summed E-state index contributed by atoms with van der Waals surface area (Å²) >= 11 is 3.48. The Balaban J connectivity index is 1.98. The Bertz CT molecular complexity index is 802. The van der Waals surface area contributed by atoms with Crippen molar-refractivity contribution in [1.29, 1.82) is 0 Å². The van der Waals surface area contributed by atoms with E-state index in [9.17, 15) is 0 Å². The maximum Gasteiger partial charge on any atom is 0.223 e. The molecule has 3 aromatic rings. The first-order valence-corrected chi connectivity index (χ1v) is 7.49. The van der Waals surface area contributed by atoms with E-state index in [2.05, 4.69) is 33.0 Å². The predicted molar refractivity (Wildman–Crippen MR) is 88.6 cm³/mol. The molecule has 0 aliphatic rings. The molecule has 3 rings (SSSR count). The van der Waals surface area contributed by atoms with Gasteiger partial charge in [-0.15, -0.1) is 0 Å². The minimum atomic E-state index is 0.406. The van der Waals surface area contributed by atoms with Crippen molar-refractivity contribution in [1.82, 2.24) is 4.98 Å². The van der Waals surface area contributed by atoms with Crippen molar-refractivity contribution in [3.05, 3.63) is 64.3 Å². The second-order valence-electron chi connectivity index (χ2n) is 4.88. The number of halogens is 1. The number of ether oxygens (including phenoxy) is 1. The van der Waals surface area contributed by atoms with E-state index in [1.165, 1.54) is 0 Å². The third-order valence-electron chi connectivity index (χ3n) is 3.29. The summed E-state index contributed by atoms with van der Waals surface area (Å²) in [4.78, 5) is 4.42. The molecule has 0 aliphatic carbocycles. The fourth-order valence-electron chi connectivity index (χ4n) is 2.18. The first-order chi connectivity index (χ1) is 10.2. The number of nitrogens with two attached hydrogens (primary N) is 1. The molecule has 0 spiro atoms. The molecule has 2 N–H and O–H groups in total. The zero-order valence-electron chi connectivity index (χ0n) is 11.6. The maximum absolute atomic E-state index is 5.92. The normalized spacial score (nSPS) is 10.8. The van der Waals surface area contributed by atoms with Crippen LogP contribution in [0.3, 0.4) is 0 Å². The average molecular weight is 343 g/mol. The van der Waals surface area contributed by atoms with Crippen molar-refractivity contribution >= 4 is 26.7 Å². The van der Waals surface area contributed by atoms with Crippen LogP contribution in [0.1, 0.15) is 11.3 Å². The van der Waals surface area contributed by atoms with Gasteiger partial charge < -0.3 is 10.5 Å². The first kappa shape index (κ1) is 14.0. The highest BCUT2D eigenvalue weighted by atomic mass is 79.9. The monoisotopic (exact) mass is 342 g/mol. The van der Waals surface area contributed by atoms with Crippen LogP contribution in [0.5, 0.6) is 11.6 Å². The van der Waals surface area contributed by atoms with Crippen LogP contribution in [-0.2, 0) is 6.54 Å². The Labute approximate surface area is 131 Å². The summed E-state index contributed by atoms with van der Waals surface area (Å²) in [6.07, 6.45) is 0. The number of aryl methyl sites for hydroxylation is 1. The lowest BCUT2D eigenvalue weighted by Crippen LogP contribution is -2.02. The summed E-state index contributed by atoms with van der Waals surface area (Å²) in [6, 6.07) is 16.0. The van der Waals surface area contributed by atoms with Crippen molar-refractivity contribution < 1.29 is 4.74 Å². The fourth-order valence-corrected chi connectivity index (χ4v) is 2.55. The molecule has 0 amide bonds. The predicted octanol–water partition coefficient (Wildman–Crippen LogP) is 4.56. The van der Waals surface area contributed by atoms with E-state index in [1.807, 2.05) is 43.3 Å². The number of benzene rings is 2. The van der Waals surface area contributed by atoms with Gasteiger partial charge in [0.05, 0.1) is 0 Å². The molecule has 0 unspecified atom stereocenters. The van der Waals surface area contributed by atoms with Gasteiger partial charge in [-0.25, -0.2) is 4.98 Å². The van der Waals surface area contributed by atoms with Crippen molar-refractivity contribution in [3.8, 4) is 11.6 Å². The fraction of sp³-hybridized carbons (Fsp3) is 0.118. The van der Waals surface area contributed by atoms with Crippen molar-refractivity contribution in [2.45, 2.75) is 13.5 Å². The lowest BCUT2D eigenvalue weighted by Gasteiger charge is -2.10. The standard InChI is InChI=1S/C17H15BrN2O/c1-11-2-3-14(10-19)17(20-11)21-16-7-5-12-8-15(18)6-4-13(12)9-16/h2-9H,10,19H2,1H3. The third kappa shape index (κ3) is 3.06. The molecule has 0 aliphatic heterocycles. The van der Waals surface area contributed by atoms with Crippen LogP contribution < -0.4 is 10.5 Å². The van der Waals surface area contributed by atoms with Gasteiger partial charge in [0.25, 0.3) is 0 Å². The molecule has 0 saturated heterocycles. The molecule has 21 heavy (non-hydrogen) atoms. The molecule has 1 heterocycles. The molecule has 0 saturated carbocycles. The number of fused-ring (bicyclic) bond motifs is 1. The van der Waals surface area contributed by atoms with Crippen LogP contribution in [0.2, 0.25) is 0 Å². The summed E-state index contributed by atoms with van der Waals surface area (Å²) < 4.78 is 6.98. The van der Waals surface area contributed by atoms with Gasteiger partial charge in [-0.3, -0.25) is 0 Å². The van der Waals surface area contributed by atoms with Crippen LogP contribution in [-0.4, -0.2) is 4.98 Å². The number of aromatic nitrogens is 1. The third-order valence-corrected chi connectivity index (χ3v) is 3.78. The van der Waals surface area contributed by atoms with Gasteiger partial charge in [0.15, 0.2) is 0 Å². The zero-order valence-corrected chi connectivity index (χ0v) is 13.2. The smallest absolute Gasteiger partial charge is 0.223 e. The Morgan fingerprint density at radius 3 is 2.62 bits per heavy atom. The largest absolute Gasteiger partial charge is 0.439 e. The van der Waals surface area contributed by atoms with Gasteiger partial charge in [-0.05, 0) is 48.0 Å². The van der Waals surface area contributed by atoms with E-state index >= 15 is 0 Å². The number of hydrogen-bond donors (Lipinski definition) is 1. The van der Waals surface area contributed by atoms with Gasteiger partial charge in [-0.2, -0.15) is 0 Å². The molecule has 0 radical (unpaired) electrons. The number of nitrogens with zero attached hydrogens (tertiary/aromatic N) is 1. The minimum Gasteiger partial charge on any atom is -0.439 e. The maximum atomic E-state index is 5.92. The Morgan fingerprint density at radius 1 is 1.05 bits per heavy atom. The van der Waals surface area contributed by atoms with Crippen molar-refractivity contribution in [2.24, 2.45) is 5.73 Å². The van der Waals surface area contributed by atoms with Crippen LogP contribution >= 0.6 is 15.9 Å². The highest BCUT2D eigenvalue weighted by molar-refractivity contribution is 9.10. The highest BCUT2D eigenvalue weighted by Gasteiger charge is 2.07. The highest BCUT2D eigenvalue weighted by Crippen LogP contribution is 2.28. The Morgan fingerprint density at radius 2 is 1.81 bits per heavy atom. The number of pyridine rings is 1. The van der Waals surface area contributed by atoms with Crippen LogP contribution in [0, 0.1) is 6.92 Å². The molecular formula is C17H15BrN2O. The lowest BCUT2D eigenvalue weighted by molar-refractivity contribution is 0.456. The summed E-state index contributed by atoms with van der Waals surface area (Å²) in [6.45, 7) is 2.34. The average Bonchev–Trinajstić information content (AvgIpc) is 2.48. The van der Waals surface area contributed by atoms with Crippen LogP contribution in [0.15, 0.2) is 53.0 Å². The van der Waals surface area contributed by atoms with Gasteiger partial charge in [-0.1, -0.05) is 34.1 Å². The summed E-state index contributed by atoms with van der Waals surface area (Å²) in [5.41, 5.74) is 7.55. The molecule has 3 nitrogen and oxygen atoms in total. The van der Waals surface area contributed by atoms with Gasteiger partial charge in [0.1, 0.15) is 5.75 Å². The number of hydrogen-bond acceptors (Lipinski definition) is 3. The van der Waals surface area contributed by atoms with E-state index in [1.54, 1.807) is 0 Å². The van der Waals surface area contributed by atoms with Gasteiger partial charge in [0.2, 0.25) is 5.88 Å². The van der Waals surface area contributed by atoms with Gasteiger partial charge >= 0.3 is 0 Å². The lowest BCUT2D eigenvalue weighted by atomic mass is 10.1. The molecule has 0 fully saturated rings. The minimum absolute atomic E-state index is 0.406. The first-order valence-electron chi connectivity index (χ1n) is 6.69. The van der Waals surface area contributed by atoms with E-state index in [0.29, 0.717) is 12.4 Å². The molecule has 4 heteroatoms. The van der Waals surface area contributed by atoms with E-state index in [4.69, 9.17) is 10.5 Å². The topological polar surface area (TPSA) is 48.1 Å². The summed E-state index contributed by atoms with van der Waals surface area (Å²) in [5, 5.41) is 2.28. The second kappa shape index (κ2) is 5.84. The summed E-state index contributed by atoms with van der Waals surface area (Å²) in [5.74, 6) is 1.34. The molecule has 0 atom stereocenters. The van der Waals surface area contributed by atoms with Gasteiger partial charge in [0, 0.05) is 22.3 Å². The SMILES string of the molecule is Cc1ccc(CN)c(Oc2ccc3cc(Br)ccc3c2)n1. The zero-order chi connectivity index (χ0) is 14.8. The summed E-state index contributed by atoms with van der Waals surface area (Å²) in [7, 11) is 0. The van der Waals surface area contributed by atoms with Crippen LogP contribution in [0.4, 0.5) is 0 Å². The van der Waals surface area contributed by atoms with Crippen molar-refractivity contribution in [3.63, 3.8) is 0 Å². The molecule has 2 aromatic carbocycles. The molecular weight excluding hydrogens is 328 g/mol. The van der Waals surface area contributed by atoms with E-state index in [-0.39, 0.29) is 0 Å². The molecule has 0 bridgehead atoms. The van der Waals surface area contributed by atoms with Crippen LogP contribution in [0.25, 0.3) is 10.8 Å². The molecule has 1 aromatic heterocycles.